The van der Waals surface area contributed by atoms with Crippen LogP contribution in [-0.2, 0) is 6.42 Å². The van der Waals surface area contributed by atoms with E-state index in [2.05, 4.69) is 9.97 Å². The second-order valence-corrected chi connectivity index (χ2v) is 5.05. The summed E-state index contributed by atoms with van der Waals surface area (Å²) in [5.41, 5.74) is 1.36. The highest BCUT2D eigenvalue weighted by molar-refractivity contribution is 6.31. The number of carbonyl (C=O) groups is 1. The molecule has 6 heteroatoms. The molecule has 0 atom stereocenters. The van der Waals surface area contributed by atoms with Crippen molar-refractivity contribution in [3.63, 3.8) is 0 Å². The fourth-order valence-corrected chi connectivity index (χ4v) is 2.40. The van der Waals surface area contributed by atoms with Crippen LogP contribution in [0.1, 0.15) is 15.9 Å². The lowest BCUT2D eigenvalue weighted by Gasteiger charge is -2.05. The van der Waals surface area contributed by atoms with E-state index in [-0.39, 0.29) is 28.5 Å². The maximum Gasteiger partial charge on any atom is 0.323 e. The van der Waals surface area contributed by atoms with Crippen LogP contribution in [0.3, 0.4) is 0 Å². The Morgan fingerprint density at radius 2 is 1.90 bits per heavy atom. The molecule has 0 aliphatic carbocycles. The van der Waals surface area contributed by atoms with Gasteiger partial charge in [0.2, 0.25) is 0 Å². The highest BCUT2D eigenvalue weighted by atomic mass is 35.5. The van der Waals surface area contributed by atoms with Crippen molar-refractivity contribution in [2.24, 2.45) is 0 Å². The van der Waals surface area contributed by atoms with Crippen LogP contribution in [-0.4, -0.2) is 15.8 Å². The Balaban J connectivity index is 1.95. The number of hydrogen-bond donors (Lipinski definition) is 2. The standard InChI is InChI=1S/C15H10ClFN2O2/c16-10-2-1-3-11(17)9(10)7-14(20)8-4-5-12-13(6-8)19-15(21)18-12/h1-6H,7H2,(H2,18,19,21). The molecule has 2 N–H and O–H groups in total. The van der Waals surface area contributed by atoms with E-state index in [4.69, 9.17) is 11.6 Å². The summed E-state index contributed by atoms with van der Waals surface area (Å²) in [7, 11) is 0. The van der Waals surface area contributed by atoms with E-state index in [9.17, 15) is 14.0 Å². The van der Waals surface area contributed by atoms with E-state index in [1.54, 1.807) is 24.3 Å². The summed E-state index contributed by atoms with van der Waals surface area (Å²) < 4.78 is 13.7. The molecule has 3 aromatic rings. The second-order valence-electron chi connectivity index (χ2n) is 4.64. The number of benzene rings is 2. The second kappa shape index (κ2) is 5.18. The topological polar surface area (TPSA) is 65.7 Å². The molecule has 0 saturated heterocycles. The minimum Gasteiger partial charge on any atom is -0.306 e. The first kappa shape index (κ1) is 13.6. The number of aromatic nitrogens is 2. The molecular formula is C15H10ClFN2O2. The molecule has 1 heterocycles. The Bertz CT molecular complexity index is 878. The van der Waals surface area contributed by atoms with E-state index < -0.39 is 5.82 Å². The summed E-state index contributed by atoms with van der Waals surface area (Å²) in [6, 6.07) is 9.07. The van der Waals surface area contributed by atoms with E-state index in [0.29, 0.717) is 16.6 Å². The predicted molar refractivity (Wildman–Crippen MR) is 78.4 cm³/mol. The maximum absolute atomic E-state index is 13.7. The first-order chi connectivity index (χ1) is 10.0. The molecule has 0 spiro atoms. The van der Waals surface area contributed by atoms with Crippen LogP contribution >= 0.6 is 11.6 Å². The normalized spacial score (nSPS) is 11.0. The number of rotatable bonds is 3. The van der Waals surface area contributed by atoms with Crippen LogP contribution in [0.4, 0.5) is 4.39 Å². The molecule has 0 unspecified atom stereocenters. The zero-order valence-electron chi connectivity index (χ0n) is 10.7. The van der Waals surface area contributed by atoms with Gasteiger partial charge < -0.3 is 9.97 Å². The van der Waals surface area contributed by atoms with Crippen LogP contribution in [0.2, 0.25) is 5.02 Å². The van der Waals surface area contributed by atoms with Crippen molar-refractivity contribution >= 4 is 28.4 Å². The third-order valence-electron chi connectivity index (χ3n) is 3.24. The van der Waals surface area contributed by atoms with Crippen LogP contribution in [0.15, 0.2) is 41.2 Å². The molecule has 0 amide bonds. The Morgan fingerprint density at radius 1 is 1.14 bits per heavy atom. The predicted octanol–water partition coefficient (Wildman–Crippen LogP) is 3.07. The SMILES string of the molecule is O=C(Cc1c(F)cccc1Cl)c1ccc2[nH]c(=O)[nH]c2c1. The number of fused-ring (bicyclic) bond motifs is 1. The average molecular weight is 305 g/mol. The number of carbonyl (C=O) groups excluding carboxylic acids is 1. The molecule has 0 aliphatic rings. The Hall–Kier alpha value is -2.40. The Labute approximate surface area is 123 Å². The van der Waals surface area contributed by atoms with Gasteiger partial charge in [-0.25, -0.2) is 9.18 Å². The molecule has 1 aromatic heterocycles. The van der Waals surface area contributed by atoms with Gasteiger partial charge in [0.25, 0.3) is 0 Å². The number of imidazole rings is 1. The van der Waals surface area contributed by atoms with Crippen LogP contribution in [0.25, 0.3) is 11.0 Å². The molecule has 106 valence electrons. The highest BCUT2D eigenvalue weighted by Crippen LogP contribution is 2.21. The van der Waals surface area contributed by atoms with Gasteiger partial charge in [0.05, 0.1) is 11.0 Å². The smallest absolute Gasteiger partial charge is 0.306 e. The molecular weight excluding hydrogens is 295 g/mol. The van der Waals surface area contributed by atoms with Crippen LogP contribution < -0.4 is 5.69 Å². The molecule has 0 fully saturated rings. The van der Waals surface area contributed by atoms with E-state index in [1.807, 2.05) is 0 Å². The Kier molecular flexibility index (Phi) is 3.35. The van der Waals surface area contributed by atoms with Crippen molar-refractivity contribution in [3.8, 4) is 0 Å². The monoisotopic (exact) mass is 304 g/mol. The lowest BCUT2D eigenvalue weighted by atomic mass is 10.0. The highest BCUT2D eigenvalue weighted by Gasteiger charge is 2.14. The van der Waals surface area contributed by atoms with Gasteiger partial charge >= 0.3 is 5.69 Å². The molecule has 2 aromatic carbocycles. The average Bonchev–Trinajstić information content (AvgIpc) is 2.81. The van der Waals surface area contributed by atoms with Gasteiger partial charge in [-0.05, 0) is 30.3 Å². The number of H-pyrrole nitrogens is 2. The van der Waals surface area contributed by atoms with Gasteiger partial charge in [0, 0.05) is 22.6 Å². The first-order valence-corrected chi connectivity index (χ1v) is 6.60. The molecule has 0 bridgehead atoms. The zero-order chi connectivity index (χ0) is 15.0. The minimum absolute atomic E-state index is 0.133. The molecule has 0 radical (unpaired) electrons. The van der Waals surface area contributed by atoms with Gasteiger partial charge in [-0.1, -0.05) is 17.7 Å². The van der Waals surface area contributed by atoms with Crippen molar-refractivity contribution in [2.45, 2.75) is 6.42 Å². The number of halogens is 2. The summed E-state index contributed by atoms with van der Waals surface area (Å²) in [6.45, 7) is 0. The van der Waals surface area contributed by atoms with Crippen LogP contribution in [0.5, 0.6) is 0 Å². The van der Waals surface area contributed by atoms with Crippen molar-refractivity contribution in [3.05, 3.63) is 68.8 Å². The number of ketones is 1. The van der Waals surface area contributed by atoms with Crippen molar-refractivity contribution in [1.29, 1.82) is 0 Å². The lowest BCUT2D eigenvalue weighted by molar-refractivity contribution is 0.0992. The molecule has 0 saturated carbocycles. The quantitative estimate of drug-likeness (QED) is 0.730. The van der Waals surface area contributed by atoms with Crippen molar-refractivity contribution in [2.75, 3.05) is 0 Å². The van der Waals surface area contributed by atoms with Crippen molar-refractivity contribution in [1.82, 2.24) is 9.97 Å². The van der Waals surface area contributed by atoms with E-state index in [0.717, 1.165) is 0 Å². The molecule has 0 aliphatic heterocycles. The fraction of sp³-hybridized carbons (Fsp3) is 0.0667. The Morgan fingerprint density at radius 3 is 2.67 bits per heavy atom. The number of aromatic amines is 2. The van der Waals surface area contributed by atoms with Crippen LogP contribution in [0, 0.1) is 5.82 Å². The largest absolute Gasteiger partial charge is 0.323 e. The molecule has 21 heavy (non-hydrogen) atoms. The van der Waals surface area contributed by atoms with Gasteiger partial charge in [-0.2, -0.15) is 0 Å². The fourth-order valence-electron chi connectivity index (χ4n) is 2.17. The van der Waals surface area contributed by atoms with Crippen molar-refractivity contribution < 1.29 is 9.18 Å². The van der Waals surface area contributed by atoms with Gasteiger partial charge in [0.1, 0.15) is 5.82 Å². The van der Waals surface area contributed by atoms with Gasteiger partial charge in [0.15, 0.2) is 5.78 Å². The lowest BCUT2D eigenvalue weighted by Crippen LogP contribution is -2.06. The van der Waals surface area contributed by atoms with Gasteiger partial charge in [-0.15, -0.1) is 0 Å². The summed E-state index contributed by atoms with van der Waals surface area (Å²) in [5.74, 6) is -0.780. The van der Waals surface area contributed by atoms with E-state index in [1.165, 1.54) is 12.1 Å². The summed E-state index contributed by atoms with van der Waals surface area (Å²) in [6.07, 6.45) is -0.133. The summed E-state index contributed by atoms with van der Waals surface area (Å²) in [5, 5.41) is 0.222. The number of hydrogen-bond acceptors (Lipinski definition) is 2. The summed E-state index contributed by atoms with van der Waals surface area (Å²) >= 11 is 5.91. The number of nitrogens with one attached hydrogen (secondary N) is 2. The molecule has 3 rings (SSSR count). The minimum atomic E-state index is -0.507. The first-order valence-electron chi connectivity index (χ1n) is 6.23. The zero-order valence-corrected chi connectivity index (χ0v) is 11.5. The third-order valence-corrected chi connectivity index (χ3v) is 3.59. The van der Waals surface area contributed by atoms with Gasteiger partial charge in [-0.3, -0.25) is 4.79 Å². The number of Topliss-reactive ketones (excluding diaryl/α,β-unsaturated/α-hetero) is 1. The van der Waals surface area contributed by atoms with E-state index >= 15 is 0 Å². The summed E-state index contributed by atoms with van der Waals surface area (Å²) in [4.78, 5) is 28.6. The third kappa shape index (κ3) is 2.60. The maximum atomic E-state index is 13.7. The molecule has 4 nitrogen and oxygen atoms in total.